The molecule has 248 valence electrons. The van der Waals surface area contributed by atoms with Crippen LogP contribution in [0.1, 0.15) is 12.5 Å². The van der Waals surface area contributed by atoms with Crippen LogP contribution < -0.4 is 16.9 Å². The van der Waals surface area contributed by atoms with E-state index in [4.69, 9.17) is 33.3 Å². The quantitative estimate of drug-likeness (QED) is 0.138. The van der Waals surface area contributed by atoms with Gasteiger partial charge in [-0.3, -0.25) is 37.2 Å². The standard InChI is InChI=1S/C21H22F2N8O13P2/c22-6-1-30(15-9(6)17(33)26-4-25-15)20-14-12(32)7(41-20)2-39-45(35,36)43-13-8(3-40-46(37,38)44-14)42-19(10(13)23)31-5-27-11-16(31)28-21(24)29-18(11)34/h1,4-5,7-8,10,12-14,19-20,32H,2-3H2,(H,35,36)(H,37,38)(H,25,26,33)(H3,24,28,29,34)/t7?,8-,10-,12-,13-,14-,19-,20-/m1/s1. The van der Waals surface area contributed by atoms with Crippen LogP contribution in [-0.4, -0.2) is 98.9 Å². The number of aliphatic hydroxyl groups is 1. The number of hydrogen-bond donors (Lipinski definition) is 6. The van der Waals surface area contributed by atoms with Crippen molar-refractivity contribution in [1.82, 2.24) is 34.1 Å². The number of hydrogen-bond acceptors (Lipinski definition) is 15. The van der Waals surface area contributed by atoms with E-state index in [0.29, 0.717) is 0 Å². The van der Waals surface area contributed by atoms with Crippen LogP contribution >= 0.6 is 15.6 Å². The van der Waals surface area contributed by atoms with E-state index in [-0.39, 0.29) is 22.8 Å². The van der Waals surface area contributed by atoms with E-state index in [2.05, 4.69) is 24.9 Å². The molecule has 3 aliphatic heterocycles. The van der Waals surface area contributed by atoms with Gasteiger partial charge in [-0.2, -0.15) is 4.98 Å². The molecule has 7 rings (SSSR count). The number of phosphoric acid groups is 2. The monoisotopic (exact) mass is 694 g/mol. The molecule has 0 saturated carbocycles. The minimum absolute atomic E-state index is 0.220. The summed E-state index contributed by atoms with van der Waals surface area (Å²) in [7, 11) is -10.5. The van der Waals surface area contributed by atoms with E-state index < -0.39 is 100 Å². The number of rotatable bonds is 2. The van der Waals surface area contributed by atoms with E-state index in [1.807, 2.05) is 0 Å². The number of nitrogen functional groups attached to an aromatic ring is 1. The fourth-order valence-corrected chi connectivity index (χ4v) is 7.34. The molecule has 0 spiro atoms. The van der Waals surface area contributed by atoms with Crippen LogP contribution in [0.3, 0.4) is 0 Å². The van der Waals surface area contributed by atoms with Crippen molar-refractivity contribution in [2.45, 2.75) is 49.1 Å². The summed E-state index contributed by atoms with van der Waals surface area (Å²) in [6.45, 7) is -1.94. The summed E-state index contributed by atoms with van der Waals surface area (Å²) < 4.78 is 90.2. The molecule has 0 radical (unpaired) electrons. The molecule has 25 heteroatoms. The minimum Gasteiger partial charge on any atom is -0.387 e. The van der Waals surface area contributed by atoms with Crippen LogP contribution in [0.25, 0.3) is 22.2 Å². The zero-order chi connectivity index (χ0) is 32.7. The normalized spacial score (nSPS) is 37.2. The highest BCUT2D eigenvalue weighted by atomic mass is 31.2. The summed E-state index contributed by atoms with van der Waals surface area (Å²) >= 11 is 0. The highest BCUT2D eigenvalue weighted by molar-refractivity contribution is 7.47. The van der Waals surface area contributed by atoms with E-state index in [1.165, 1.54) is 0 Å². The summed E-state index contributed by atoms with van der Waals surface area (Å²) in [6.07, 6.45) is -12.0. The SMILES string of the molecule is Nc1nc2c(ncn2[C@@H]2O[C@@H]3COP(=O)(O)O[C@@H]4[C@H](O)C(COP(=O)(O)O[C@H]3[C@H]2F)O[C@H]4n2cc(F)c3c(=O)[nH]cnc32)c(=O)[nH]1. The van der Waals surface area contributed by atoms with Crippen molar-refractivity contribution in [2.75, 3.05) is 18.9 Å². The van der Waals surface area contributed by atoms with Gasteiger partial charge in [0.1, 0.15) is 35.9 Å². The molecule has 0 amide bonds. The summed E-state index contributed by atoms with van der Waals surface area (Å²) in [5.74, 6) is -1.39. The van der Waals surface area contributed by atoms with Crippen LogP contribution in [0.5, 0.6) is 0 Å². The van der Waals surface area contributed by atoms with Gasteiger partial charge < -0.3 is 39.7 Å². The second-order valence-corrected chi connectivity index (χ2v) is 13.1. The molecule has 3 unspecified atom stereocenters. The Labute approximate surface area is 252 Å². The molecule has 0 aliphatic carbocycles. The molecular formula is C21H22F2N8O13P2. The molecule has 0 aromatic carbocycles. The minimum atomic E-state index is -5.25. The van der Waals surface area contributed by atoms with E-state index >= 15 is 4.39 Å². The van der Waals surface area contributed by atoms with Gasteiger partial charge in [0.05, 0.1) is 25.9 Å². The van der Waals surface area contributed by atoms with Crippen LogP contribution in [0.4, 0.5) is 14.7 Å². The van der Waals surface area contributed by atoms with Crippen LogP contribution in [-0.2, 0) is 36.7 Å². The third kappa shape index (κ3) is 5.28. The van der Waals surface area contributed by atoms with Crippen molar-refractivity contribution in [3.63, 3.8) is 0 Å². The first kappa shape index (κ1) is 31.1. The number of alkyl halides is 1. The molecule has 10 atom stereocenters. The van der Waals surface area contributed by atoms with E-state index in [9.17, 15) is 38.0 Å². The number of H-pyrrole nitrogens is 2. The zero-order valence-corrected chi connectivity index (χ0v) is 24.4. The van der Waals surface area contributed by atoms with Crippen molar-refractivity contribution in [2.24, 2.45) is 0 Å². The Kier molecular flexibility index (Phi) is 7.49. The Bertz CT molecular complexity index is 2050. The second kappa shape index (κ2) is 11.1. The zero-order valence-electron chi connectivity index (χ0n) is 22.7. The number of halogens is 2. The molecule has 3 saturated heterocycles. The lowest BCUT2D eigenvalue weighted by atomic mass is 10.1. The summed E-state index contributed by atoms with van der Waals surface area (Å²) in [4.78, 5) is 61.6. The maximum absolute atomic E-state index is 15.9. The van der Waals surface area contributed by atoms with E-state index in [0.717, 1.165) is 28.0 Å². The average Bonchev–Trinajstić information content (AvgIpc) is 3.71. The number of anilines is 1. The Morgan fingerprint density at radius 1 is 0.957 bits per heavy atom. The predicted molar refractivity (Wildman–Crippen MR) is 143 cm³/mol. The van der Waals surface area contributed by atoms with Crippen molar-refractivity contribution in [3.05, 3.63) is 45.4 Å². The number of imidazole rings is 1. The highest BCUT2D eigenvalue weighted by Gasteiger charge is 2.54. The number of nitrogens with two attached hydrogens (primary N) is 1. The van der Waals surface area contributed by atoms with Crippen LogP contribution in [0, 0.1) is 5.82 Å². The first-order chi connectivity index (χ1) is 21.7. The third-order valence-electron chi connectivity index (χ3n) is 7.46. The fraction of sp³-hybridized carbons (Fsp3) is 0.476. The molecular weight excluding hydrogens is 672 g/mol. The number of aromatic amines is 2. The van der Waals surface area contributed by atoms with Gasteiger partial charge in [0.25, 0.3) is 11.1 Å². The predicted octanol–water partition coefficient (Wildman–Crippen LogP) is -0.909. The van der Waals surface area contributed by atoms with Crippen LogP contribution in [0.15, 0.2) is 28.4 Å². The van der Waals surface area contributed by atoms with Gasteiger partial charge in [0.2, 0.25) is 5.95 Å². The van der Waals surface area contributed by atoms with Gasteiger partial charge in [-0.1, -0.05) is 0 Å². The lowest BCUT2D eigenvalue weighted by Crippen LogP contribution is -2.35. The Hall–Kier alpha value is -3.47. The molecule has 3 aliphatic rings. The Morgan fingerprint density at radius 3 is 2.37 bits per heavy atom. The van der Waals surface area contributed by atoms with Gasteiger partial charge in [0, 0.05) is 6.20 Å². The van der Waals surface area contributed by atoms with Crippen molar-refractivity contribution < 1.29 is 60.4 Å². The number of aromatic nitrogens is 7. The van der Waals surface area contributed by atoms with Gasteiger partial charge in [0.15, 0.2) is 41.3 Å². The van der Waals surface area contributed by atoms with E-state index in [1.54, 1.807) is 0 Å². The number of nitrogens with zero attached hydrogens (tertiary/aromatic N) is 5. The lowest BCUT2D eigenvalue weighted by molar-refractivity contribution is -0.0670. The number of fused-ring (bicyclic) bond motifs is 5. The maximum Gasteiger partial charge on any atom is 0.472 e. The second-order valence-electron chi connectivity index (χ2n) is 10.3. The first-order valence-electron chi connectivity index (χ1n) is 13.1. The largest absolute Gasteiger partial charge is 0.472 e. The van der Waals surface area contributed by atoms with Crippen molar-refractivity contribution in [3.8, 4) is 0 Å². The fourth-order valence-electron chi connectivity index (χ4n) is 5.45. The molecule has 4 aromatic rings. The molecule has 7 heterocycles. The Morgan fingerprint density at radius 2 is 1.63 bits per heavy atom. The summed E-state index contributed by atoms with van der Waals surface area (Å²) in [5.41, 5.74) is 3.22. The van der Waals surface area contributed by atoms with Gasteiger partial charge >= 0.3 is 15.6 Å². The van der Waals surface area contributed by atoms with Gasteiger partial charge in [-0.15, -0.1) is 0 Å². The molecule has 46 heavy (non-hydrogen) atoms. The third-order valence-corrected chi connectivity index (χ3v) is 9.43. The molecule has 7 N–H and O–H groups in total. The molecule has 3 fully saturated rings. The smallest absolute Gasteiger partial charge is 0.387 e. The number of nitrogens with one attached hydrogen (secondary N) is 2. The number of aliphatic hydroxyl groups excluding tert-OH is 1. The molecule has 2 bridgehead atoms. The van der Waals surface area contributed by atoms with Crippen LogP contribution in [0.2, 0.25) is 0 Å². The molecule has 21 nitrogen and oxygen atoms in total. The Balaban J connectivity index is 1.22. The maximum atomic E-state index is 15.9. The molecule has 4 aromatic heterocycles. The van der Waals surface area contributed by atoms with Gasteiger partial charge in [-0.05, 0) is 0 Å². The number of phosphoric ester groups is 2. The van der Waals surface area contributed by atoms with Gasteiger partial charge in [-0.25, -0.2) is 27.9 Å². The summed E-state index contributed by atoms with van der Waals surface area (Å²) in [5, 5.41) is 10.4. The topological polar surface area (TPSA) is 290 Å². The average molecular weight is 694 g/mol. The van der Waals surface area contributed by atoms with Crippen molar-refractivity contribution in [1.29, 1.82) is 0 Å². The number of ether oxygens (including phenoxy) is 2. The highest BCUT2D eigenvalue weighted by Crippen LogP contribution is 2.54. The first-order valence-corrected chi connectivity index (χ1v) is 16.1. The summed E-state index contributed by atoms with van der Waals surface area (Å²) in [6, 6.07) is 0. The lowest BCUT2D eigenvalue weighted by Gasteiger charge is -2.25. The van der Waals surface area contributed by atoms with Crippen molar-refractivity contribution >= 4 is 43.8 Å².